The Morgan fingerprint density at radius 1 is 1.33 bits per heavy atom. The van der Waals surface area contributed by atoms with Crippen LogP contribution in [0.1, 0.15) is 52.4 Å². The third-order valence-corrected chi connectivity index (χ3v) is 3.70. The molecule has 0 radical (unpaired) electrons. The highest BCUT2D eigenvalue weighted by Crippen LogP contribution is 2.32. The Bertz CT molecular complexity index is 162. The molecule has 1 atom stereocenters. The van der Waals surface area contributed by atoms with Crippen LogP contribution in [0, 0.1) is 11.3 Å². The predicted molar refractivity (Wildman–Crippen MR) is 64.8 cm³/mol. The largest absolute Gasteiger partial charge is 0.381 e. The van der Waals surface area contributed by atoms with E-state index in [2.05, 4.69) is 13.8 Å². The summed E-state index contributed by atoms with van der Waals surface area (Å²) in [5.74, 6) is 0.864. The van der Waals surface area contributed by atoms with Crippen molar-refractivity contribution in [2.75, 3.05) is 19.8 Å². The Morgan fingerprint density at radius 3 is 2.53 bits per heavy atom. The molecule has 2 N–H and O–H groups in total. The molecule has 1 aliphatic carbocycles. The standard InChI is InChI=1S/C13H27NO/c1-3-5-8-13(4-2,10-14)11-15-9-12-6-7-12/h12H,3-11,14H2,1-2H3. The second kappa shape index (κ2) is 6.49. The number of ether oxygens (including phenoxy) is 1. The van der Waals surface area contributed by atoms with E-state index in [4.69, 9.17) is 10.5 Å². The van der Waals surface area contributed by atoms with E-state index in [0.29, 0.717) is 0 Å². The summed E-state index contributed by atoms with van der Waals surface area (Å²) in [5, 5.41) is 0. The quantitative estimate of drug-likeness (QED) is 0.639. The van der Waals surface area contributed by atoms with Crippen molar-refractivity contribution in [3.05, 3.63) is 0 Å². The fraction of sp³-hybridized carbons (Fsp3) is 1.00. The molecule has 0 bridgehead atoms. The number of rotatable bonds is 9. The van der Waals surface area contributed by atoms with Gasteiger partial charge in [0.05, 0.1) is 6.61 Å². The summed E-state index contributed by atoms with van der Waals surface area (Å²) in [5.41, 5.74) is 6.17. The molecule has 15 heavy (non-hydrogen) atoms. The van der Waals surface area contributed by atoms with Crippen molar-refractivity contribution in [3.63, 3.8) is 0 Å². The maximum absolute atomic E-state index is 5.91. The van der Waals surface area contributed by atoms with Crippen molar-refractivity contribution in [2.45, 2.75) is 52.4 Å². The number of unbranched alkanes of at least 4 members (excludes halogenated alkanes) is 1. The summed E-state index contributed by atoms with van der Waals surface area (Å²) in [4.78, 5) is 0. The highest BCUT2D eigenvalue weighted by Gasteiger charge is 2.28. The Labute approximate surface area is 94.6 Å². The molecule has 2 heteroatoms. The van der Waals surface area contributed by atoms with E-state index in [-0.39, 0.29) is 5.41 Å². The number of hydrogen-bond donors (Lipinski definition) is 1. The van der Waals surface area contributed by atoms with Crippen molar-refractivity contribution in [2.24, 2.45) is 17.1 Å². The summed E-state index contributed by atoms with van der Waals surface area (Å²) in [7, 11) is 0. The summed E-state index contributed by atoms with van der Waals surface area (Å²) >= 11 is 0. The minimum absolute atomic E-state index is 0.255. The molecule has 1 fully saturated rings. The zero-order valence-electron chi connectivity index (χ0n) is 10.4. The number of nitrogens with two attached hydrogens (primary N) is 1. The first kappa shape index (κ1) is 13.0. The van der Waals surface area contributed by atoms with Gasteiger partial charge in [-0.15, -0.1) is 0 Å². The van der Waals surface area contributed by atoms with Crippen LogP contribution in [-0.2, 0) is 4.74 Å². The van der Waals surface area contributed by atoms with Crippen LogP contribution in [0.3, 0.4) is 0 Å². The molecule has 0 aromatic heterocycles. The Hall–Kier alpha value is -0.0800. The van der Waals surface area contributed by atoms with Gasteiger partial charge in [0, 0.05) is 18.6 Å². The monoisotopic (exact) mass is 213 g/mol. The van der Waals surface area contributed by atoms with E-state index in [1.165, 1.54) is 32.1 Å². The van der Waals surface area contributed by atoms with E-state index in [1.807, 2.05) is 0 Å². The molecular weight excluding hydrogens is 186 g/mol. The molecule has 0 saturated heterocycles. The lowest BCUT2D eigenvalue weighted by molar-refractivity contribution is 0.0332. The fourth-order valence-corrected chi connectivity index (χ4v) is 1.93. The van der Waals surface area contributed by atoms with Crippen LogP contribution in [0.25, 0.3) is 0 Å². The zero-order chi connectivity index (χ0) is 11.1. The molecule has 1 unspecified atom stereocenters. The Morgan fingerprint density at radius 2 is 2.07 bits per heavy atom. The van der Waals surface area contributed by atoms with E-state index in [0.717, 1.165) is 32.1 Å². The molecule has 0 spiro atoms. The minimum Gasteiger partial charge on any atom is -0.381 e. The van der Waals surface area contributed by atoms with Gasteiger partial charge in [-0.2, -0.15) is 0 Å². The molecule has 1 rings (SSSR count). The van der Waals surface area contributed by atoms with Crippen LogP contribution in [-0.4, -0.2) is 19.8 Å². The lowest BCUT2D eigenvalue weighted by Crippen LogP contribution is -2.35. The van der Waals surface area contributed by atoms with Crippen LogP contribution < -0.4 is 5.73 Å². The summed E-state index contributed by atoms with van der Waals surface area (Å²) in [6, 6.07) is 0. The summed E-state index contributed by atoms with van der Waals surface area (Å²) in [6.07, 6.45) is 7.64. The van der Waals surface area contributed by atoms with Gasteiger partial charge in [0.2, 0.25) is 0 Å². The summed E-state index contributed by atoms with van der Waals surface area (Å²) in [6.45, 7) is 7.09. The average Bonchev–Trinajstić information content (AvgIpc) is 3.07. The third-order valence-electron chi connectivity index (χ3n) is 3.70. The molecule has 90 valence electrons. The summed E-state index contributed by atoms with van der Waals surface area (Å²) < 4.78 is 5.82. The van der Waals surface area contributed by atoms with Gasteiger partial charge in [-0.05, 0) is 31.6 Å². The van der Waals surface area contributed by atoms with Gasteiger partial charge in [0.15, 0.2) is 0 Å². The maximum atomic E-state index is 5.91. The normalized spacial score (nSPS) is 20.2. The minimum atomic E-state index is 0.255. The van der Waals surface area contributed by atoms with Gasteiger partial charge in [-0.25, -0.2) is 0 Å². The van der Waals surface area contributed by atoms with Gasteiger partial charge >= 0.3 is 0 Å². The van der Waals surface area contributed by atoms with Crippen molar-refractivity contribution < 1.29 is 4.74 Å². The van der Waals surface area contributed by atoms with Gasteiger partial charge in [0.1, 0.15) is 0 Å². The predicted octanol–water partition coefficient (Wildman–Crippen LogP) is 2.96. The van der Waals surface area contributed by atoms with Gasteiger partial charge in [0.25, 0.3) is 0 Å². The van der Waals surface area contributed by atoms with Crippen LogP contribution in [0.4, 0.5) is 0 Å². The smallest absolute Gasteiger partial charge is 0.0534 e. The molecular formula is C13H27NO. The second-order valence-corrected chi connectivity index (χ2v) is 5.12. The van der Waals surface area contributed by atoms with Crippen molar-refractivity contribution >= 4 is 0 Å². The molecule has 1 saturated carbocycles. The van der Waals surface area contributed by atoms with Gasteiger partial charge < -0.3 is 10.5 Å². The zero-order valence-corrected chi connectivity index (χ0v) is 10.4. The van der Waals surface area contributed by atoms with Crippen molar-refractivity contribution in [3.8, 4) is 0 Å². The molecule has 0 aromatic rings. The van der Waals surface area contributed by atoms with Gasteiger partial charge in [-0.3, -0.25) is 0 Å². The van der Waals surface area contributed by atoms with Crippen LogP contribution >= 0.6 is 0 Å². The van der Waals surface area contributed by atoms with Crippen LogP contribution in [0.15, 0.2) is 0 Å². The highest BCUT2D eigenvalue weighted by molar-refractivity contribution is 4.80. The molecule has 0 amide bonds. The average molecular weight is 213 g/mol. The Balaban J connectivity index is 2.24. The molecule has 0 aromatic carbocycles. The van der Waals surface area contributed by atoms with Crippen LogP contribution in [0.5, 0.6) is 0 Å². The van der Waals surface area contributed by atoms with E-state index in [1.54, 1.807) is 0 Å². The van der Waals surface area contributed by atoms with Crippen LogP contribution in [0.2, 0.25) is 0 Å². The fourth-order valence-electron chi connectivity index (χ4n) is 1.93. The SMILES string of the molecule is CCCCC(CC)(CN)COCC1CC1. The molecule has 0 heterocycles. The van der Waals surface area contributed by atoms with E-state index >= 15 is 0 Å². The van der Waals surface area contributed by atoms with Gasteiger partial charge in [-0.1, -0.05) is 26.7 Å². The first-order valence-electron chi connectivity index (χ1n) is 6.54. The topological polar surface area (TPSA) is 35.2 Å². The lowest BCUT2D eigenvalue weighted by Gasteiger charge is -2.31. The van der Waals surface area contributed by atoms with Crippen molar-refractivity contribution in [1.29, 1.82) is 0 Å². The van der Waals surface area contributed by atoms with E-state index < -0.39 is 0 Å². The second-order valence-electron chi connectivity index (χ2n) is 5.12. The third kappa shape index (κ3) is 4.52. The highest BCUT2D eigenvalue weighted by atomic mass is 16.5. The maximum Gasteiger partial charge on any atom is 0.0534 e. The first-order valence-corrected chi connectivity index (χ1v) is 6.54. The molecule has 1 aliphatic rings. The van der Waals surface area contributed by atoms with E-state index in [9.17, 15) is 0 Å². The first-order chi connectivity index (χ1) is 7.26. The number of hydrogen-bond acceptors (Lipinski definition) is 2. The molecule has 0 aliphatic heterocycles. The van der Waals surface area contributed by atoms with Crippen molar-refractivity contribution in [1.82, 2.24) is 0 Å². The lowest BCUT2D eigenvalue weighted by atomic mass is 9.81. The molecule has 2 nitrogen and oxygen atoms in total. The Kier molecular flexibility index (Phi) is 5.62.